The molecule has 0 bridgehead atoms. The average Bonchev–Trinajstić information content (AvgIpc) is 2.60. The highest BCUT2D eigenvalue weighted by Gasteiger charge is 2.26. The SMILES string of the molecule is CCOC(=O)N1CC[NH+](Cc2cc(Cl)c3ccc[nH+]c3c2O)CC1. The summed E-state index contributed by atoms with van der Waals surface area (Å²) in [6.45, 7) is 5.80. The number of nitrogens with zero attached hydrogens (tertiary/aromatic N) is 1. The van der Waals surface area contributed by atoms with Crippen LogP contribution < -0.4 is 9.88 Å². The molecule has 0 saturated carbocycles. The van der Waals surface area contributed by atoms with Crippen LogP contribution in [0.15, 0.2) is 24.4 Å². The Balaban J connectivity index is 1.70. The Hall–Kier alpha value is -2.05. The number of fused-ring (bicyclic) bond motifs is 1. The number of carbonyl (C=O) groups is 1. The summed E-state index contributed by atoms with van der Waals surface area (Å²) in [6, 6.07) is 5.56. The van der Waals surface area contributed by atoms with Gasteiger partial charge in [0, 0.05) is 6.07 Å². The van der Waals surface area contributed by atoms with Gasteiger partial charge in [0.15, 0.2) is 11.9 Å². The molecule has 1 aliphatic heterocycles. The number of phenolic OH excluding ortho intramolecular Hbond substituents is 1. The number of phenols is 1. The maximum Gasteiger partial charge on any atom is 0.410 e. The number of hydrogen-bond acceptors (Lipinski definition) is 3. The number of amides is 1. The first-order chi connectivity index (χ1) is 11.6. The third-order valence-electron chi connectivity index (χ3n) is 4.39. The van der Waals surface area contributed by atoms with Crippen LogP contribution in [0.25, 0.3) is 10.9 Å². The number of piperazine rings is 1. The summed E-state index contributed by atoms with van der Waals surface area (Å²) >= 11 is 6.34. The van der Waals surface area contributed by atoms with Crippen molar-refractivity contribution in [2.45, 2.75) is 13.5 Å². The van der Waals surface area contributed by atoms with E-state index >= 15 is 0 Å². The fourth-order valence-corrected chi connectivity index (χ4v) is 3.38. The quantitative estimate of drug-likeness (QED) is 0.862. The predicted octanol–water partition coefficient (Wildman–Crippen LogP) is 0.870. The van der Waals surface area contributed by atoms with E-state index in [0.29, 0.717) is 36.8 Å². The van der Waals surface area contributed by atoms with Crippen LogP contribution in [-0.4, -0.2) is 48.9 Å². The van der Waals surface area contributed by atoms with Gasteiger partial charge in [-0.1, -0.05) is 11.6 Å². The van der Waals surface area contributed by atoms with Crippen molar-refractivity contribution in [1.82, 2.24) is 4.90 Å². The Kier molecular flexibility index (Phi) is 5.06. The van der Waals surface area contributed by atoms with Gasteiger partial charge in [0.1, 0.15) is 6.54 Å². The molecule has 0 unspecified atom stereocenters. The highest BCUT2D eigenvalue weighted by molar-refractivity contribution is 6.35. The molecule has 1 saturated heterocycles. The first-order valence-electron chi connectivity index (χ1n) is 8.16. The Morgan fingerprint density at radius 2 is 2.21 bits per heavy atom. The van der Waals surface area contributed by atoms with Gasteiger partial charge in [0.2, 0.25) is 0 Å². The number of halogens is 1. The van der Waals surface area contributed by atoms with Crippen LogP contribution in [0.5, 0.6) is 5.75 Å². The normalized spacial score (nSPS) is 15.7. The van der Waals surface area contributed by atoms with Gasteiger partial charge in [-0.2, -0.15) is 0 Å². The summed E-state index contributed by atoms with van der Waals surface area (Å²) in [5.41, 5.74) is 1.47. The predicted molar refractivity (Wildman–Crippen MR) is 90.2 cm³/mol. The Labute approximate surface area is 145 Å². The van der Waals surface area contributed by atoms with Crippen molar-refractivity contribution in [2.24, 2.45) is 0 Å². The largest absolute Gasteiger partial charge is 0.502 e. The molecule has 2 aromatic rings. The van der Waals surface area contributed by atoms with E-state index in [2.05, 4.69) is 4.98 Å². The molecular weight excluding hydrogens is 330 g/mol. The molecule has 0 radical (unpaired) electrons. The number of hydrogen-bond donors (Lipinski definition) is 2. The number of aromatic hydroxyl groups is 1. The van der Waals surface area contributed by atoms with Crippen LogP contribution in [0.4, 0.5) is 4.79 Å². The summed E-state index contributed by atoms with van der Waals surface area (Å²) < 4.78 is 5.03. The molecular formula is C17H22ClN3O3+2. The van der Waals surface area contributed by atoms with Crippen molar-refractivity contribution in [3.8, 4) is 5.75 Å². The number of rotatable bonds is 3. The number of H-pyrrole nitrogens is 1. The van der Waals surface area contributed by atoms with E-state index in [1.54, 1.807) is 11.1 Å². The second-order valence-electron chi connectivity index (χ2n) is 5.94. The molecule has 0 aliphatic carbocycles. The van der Waals surface area contributed by atoms with Crippen molar-refractivity contribution >= 4 is 28.6 Å². The minimum absolute atomic E-state index is 0.246. The van der Waals surface area contributed by atoms with Crippen molar-refractivity contribution < 1.29 is 24.5 Å². The van der Waals surface area contributed by atoms with Crippen molar-refractivity contribution in [3.05, 3.63) is 35.0 Å². The van der Waals surface area contributed by atoms with Gasteiger partial charge in [0.05, 0.1) is 48.8 Å². The molecule has 1 fully saturated rings. The summed E-state index contributed by atoms with van der Waals surface area (Å²) in [6.07, 6.45) is 1.52. The van der Waals surface area contributed by atoms with Gasteiger partial charge < -0.3 is 14.7 Å². The monoisotopic (exact) mass is 351 g/mol. The fourth-order valence-electron chi connectivity index (χ4n) is 3.09. The Morgan fingerprint density at radius 3 is 2.92 bits per heavy atom. The molecule has 1 aliphatic rings. The minimum Gasteiger partial charge on any atom is -0.502 e. The summed E-state index contributed by atoms with van der Waals surface area (Å²) in [4.78, 5) is 17.8. The smallest absolute Gasteiger partial charge is 0.410 e. The number of carbonyl (C=O) groups excluding carboxylic acids is 1. The second-order valence-corrected chi connectivity index (χ2v) is 6.34. The van der Waals surface area contributed by atoms with Crippen LogP contribution in [0.1, 0.15) is 12.5 Å². The lowest BCUT2D eigenvalue weighted by Crippen LogP contribution is -3.13. The van der Waals surface area contributed by atoms with E-state index in [-0.39, 0.29) is 11.8 Å². The van der Waals surface area contributed by atoms with E-state index in [1.165, 1.54) is 4.90 Å². The summed E-state index contributed by atoms with van der Waals surface area (Å²) in [5, 5.41) is 12.0. The van der Waals surface area contributed by atoms with Crippen LogP contribution >= 0.6 is 11.6 Å². The van der Waals surface area contributed by atoms with Crippen LogP contribution in [-0.2, 0) is 11.3 Å². The molecule has 0 atom stereocenters. The second kappa shape index (κ2) is 7.23. The molecule has 128 valence electrons. The van der Waals surface area contributed by atoms with Gasteiger partial charge >= 0.3 is 6.09 Å². The zero-order valence-electron chi connectivity index (χ0n) is 13.6. The van der Waals surface area contributed by atoms with Gasteiger partial charge in [-0.15, -0.1) is 0 Å². The number of pyridine rings is 1. The third-order valence-corrected chi connectivity index (χ3v) is 4.71. The minimum atomic E-state index is -0.247. The number of nitrogens with one attached hydrogen (secondary N) is 2. The van der Waals surface area contributed by atoms with Gasteiger partial charge in [-0.3, -0.25) is 4.90 Å². The lowest BCUT2D eigenvalue weighted by molar-refractivity contribution is -0.917. The Bertz CT molecular complexity index is 745. The van der Waals surface area contributed by atoms with E-state index in [4.69, 9.17) is 16.3 Å². The molecule has 0 spiro atoms. The third kappa shape index (κ3) is 3.39. The zero-order chi connectivity index (χ0) is 17.1. The van der Waals surface area contributed by atoms with E-state index in [9.17, 15) is 9.90 Å². The molecule has 1 aromatic carbocycles. The highest BCUT2D eigenvalue weighted by Crippen LogP contribution is 2.31. The molecule has 6 nitrogen and oxygen atoms in total. The van der Waals surface area contributed by atoms with E-state index < -0.39 is 0 Å². The molecule has 3 rings (SSSR count). The molecule has 2 heterocycles. The highest BCUT2D eigenvalue weighted by atomic mass is 35.5. The standard InChI is InChI=1S/C17H20ClN3O3/c1-2-24-17(23)21-8-6-20(7-9-21)11-12-10-14(18)13-4-3-5-19-15(13)16(12)22/h3-5,10,22H,2,6-9,11H2,1H3/p+2. The van der Waals surface area contributed by atoms with E-state index in [0.717, 1.165) is 24.0 Å². The van der Waals surface area contributed by atoms with Gasteiger partial charge in [-0.25, -0.2) is 9.78 Å². The first-order valence-corrected chi connectivity index (χ1v) is 8.54. The Morgan fingerprint density at radius 1 is 1.46 bits per heavy atom. The van der Waals surface area contributed by atoms with Gasteiger partial charge in [-0.05, 0) is 19.1 Å². The van der Waals surface area contributed by atoms with Crippen LogP contribution in [0.2, 0.25) is 5.02 Å². The molecule has 1 aromatic heterocycles. The molecule has 7 heteroatoms. The van der Waals surface area contributed by atoms with Crippen molar-refractivity contribution in [2.75, 3.05) is 32.8 Å². The molecule has 1 amide bonds. The van der Waals surface area contributed by atoms with E-state index in [1.807, 2.05) is 25.1 Å². The zero-order valence-corrected chi connectivity index (χ0v) is 14.4. The number of aromatic amines is 1. The maximum absolute atomic E-state index is 11.7. The van der Waals surface area contributed by atoms with Crippen molar-refractivity contribution in [3.63, 3.8) is 0 Å². The van der Waals surface area contributed by atoms with Gasteiger partial charge in [0.25, 0.3) is 5.52 Å². The molecule has 24 heavy (non-hydrogen) atoms. The number of benzene rings is 1. The first kappa shape index (κ1) is 16.8. The number of aromatic nitrogens is 1. The topological polar surface area (TPSA) is 68.3 Å². The molecule has 3 N–H and O–H groups in total. The maximum atomic E-state index is 11.7. The summed E-state index contributed by atoms with van der Waals surface area (Å²) in [7, 11) is 0. The lowest BCUT2D eigenvalue weighted by Gasteiger charge is -2.31. The number of ether oxygens (including phenoxy) is 1. The number of quaternary nitrogens is 1. The average molecular weight is 352 g/mol. The lowest BCUT2D eigenvalue weighted by atomic mass is 10.1. The van der Waals surface area contributed by atoms with Crippen LogP contribution in [0.3, 0.4) is 0 Å². The fraction of sp³-hybridized carbons (Fsp3) is 0.412. The van der Waals surface area contributed by atoms with Crippen molar-refractivity contribution in [1.29, 1.82) is 0 Å². The summed E-state index contributed by atoms with van der Waals surface area (Å²) in [5.74, 6) is 0.246. The van der Waals surface area contributed by atoms with Crippen LogP contribution in [0, 0.1) is 0 Å².